The summed E-state index contributed by atoms with van der Waals surface area (Å²) in [7, 11) is 1.84. The number of aliphatic hydroxyl groups excluding tert-OH is 1. The Bertz CT molecular complexity index is 1640. The third-order valence-electron chi connectivity index (χ3n) is 10.1. The van der Waals surface area contributed by atoms with E-state index in [1.165, 1.54) is 6.92 Å². The van der Waals surface area contributed by atoms with Gasteiger partial charge in [-0.15, -0.1) is 0 Å². The van der Waals surface area contributed by atoms with Crippen LogP contribution in [0.3, 0.4) is 0 Å². The quantitative estimate of drug-likeness (QED) is 0.303. The van der Waals surface area contributed by atoms with E-state index < -0.39 is 60.4 Å². The molecule has 5 atom stereocenters. The Hall–Kier alpha value is -4.55. The number of rotatable bonds is 11. The third kappa shape index (κ3) is 5.69. The van der Waals surface area contributed by atoms with Crippen LogP contribution in [0.15, 0.2) is 78.9 Å². The second kappa shape index (κ2) is 12.6. The smallest absolute Gasteiger partial charge is 0.587 e. The van der Waals surface area contributed by atoms with Crippen molar-refractivity contribution in [1.82, 2.24) is 10.3 Å². The average Bonchev–Trinajstić information content (AvgIpc) is 3.42. The van der Waals surface area contributed by atoms with E-state index in [4.69, 9.17) is 9.31 Å². The molecule has 6 rings (SSSR count). The summed E-state index contributed by atoms with van der Waals surface area (Å²) in [6.45, 7) is 3.43. The van der Waals surface area contributed by atoms with Gasteiger partial charge in [0.25, 0.3) is 5.91 Å². The highest BCUT2D eigenvalue weighted by Crippen LogP contribution is 2.53. The van der Waals surface area contributed by atoms with Crippen LogP contribution >= 0.6 is 0 Å². The zero-order valence-electron chi connectivity index (χ0n) is 27.1. The number of aliphatic hydroxyl groups is 1. The van der Waals surface area contributed by atoms with Gasteiger partial charge in [0.15, 0.2) is 17.9 Å². The third-order valence-corrected chi connectivity index (χ3v) is 10.1. The molecule has 2 aromatic carbocycles. The number of anilines is 1. The standard InChI is InChI=1S/C35H41BN4O7/c1-22(2)18-25(19-31(42)32(23(3)41)38-33(43)28-17-11-16-27(37-28)24-12-7-5-8-13-24)36-40(4)29(34(44)46-36)20-39(21-30(40)35(45)47-36)26-14-9-6-10-15-26/h5-17,22-23,25,29-30,32,41H,18-21H2,1-4H3,(H,38,43)/t23-,25-,29+,30+,32+,36?,40?/m1/s1. The Balaban J connectivity index is 1.26. The highest BCUT2D eigenvalue weighted by molar-refractivity contribution is 6.68. The van der Waals surface area contributed by atoms with Crippen molar-refractivity contribution in [2.24, 2.45) is 5.92 Å². The van der Waals surface area contributed by atoms with Crippen LogP contribution in [0.1, 0.15) is 44.1 Å². The molecule has 3 aliphatic rings. The fourth-order valence-electron chi connectivity index (χ4n) is 7.81. The number of Topliss-reactive ketones (excluding diaryl/α,β-unsaturated/α-hetero) is 1. The molecule has 0 radical (unpaired) electrons. The van der Waals surface area contributed by atoms with Crippen molar-refractivity contribution < 1.29 is 38.0 Å². The molecule has 0 spiro atoms. The molecule has 11 nitrogen and oxygen atoms in total. The van der Waals surface area contributed by atoms with Crippen molar-refractivity contribution >= 4 is 36.0 Å². The van der Waals surface area contributed by atoms with Gasteiger partial charge >= 0.3 is 18.6 Å². The van der Waals surface area contributed by atoms with Crippen molar-refractivity contribution in [3.63, 3.8) is 0 Å². The van der Waals surface area contributed by atoms with Gasteiger partial charge in [0.2, 0.25) is 0 Å². The van der Waals surface area contributed by atoms with E-state index in [2.05, 4.69) is 10.3 Å². The van der Waals surface area contributed by atoms with E-state index in [-0.39, 0.29) is 22.4 Å². The zero-order valence-corrected chi connectivity index (χ0v) is 27.1. The lowest BCUT2D eigenvalue weighted by Crippen LogP contribution is -2.75. The molecule has 0 saturated carbocycles. The molecular formula is C35H41BN4O7. The van der Waals surface area contributed by atoms with Crippen LogP contribution in [0.4, 0.5) is 5.69 Å². The summed E-state index contributed by atoms with van der Waals surface area (Å²) in [4.78, 5) is 61.2. The number of pyridine rings is 1. The summed E-state index contributed by atoms with van der Waals surface area (Å²) in [5.74, 6) is -2.60. The summed E-state index contributed by atoms with van der Waals surface area (Å²) in [6.07, 6.45) is -0.990. The van der Waals surface area contributed by atoms with E-state index in [1.54, 1.807) is 18.2 Å². The fourth-order valence-corrected chi connectivity index (χ4v) is 7.81. The van der Waals surface area contributed by atoms with Gasteiger partial charge in [-0.1, -0.05) is 74.9 Å². The molecule has 47 heavy (non-hydrogen) atoms. The number of nitrogens with one attached hydrogen (secondary N) is 1. The van der Waals surface area contributed by atoms with Gasteiger partial charge in [0, 0.05) is 18.3 Å². The molecule has 3 aliphatic heterocycles. The molecule has 3 saturated heterocycles. The number of hydrogen-bond acceptors (Lipinski definition) is 9. The Labute approximate surface area is 274 Å². The van der Waals surface area contributed by atoms with Crippen molar-refractivity contribution in [3.8, 4) is 11.3 Å². The summed E-state index contributed by atoms with van der Waals surface area (Å²) >= 11 is 0. The minimum Gasteiger partial charge on any atom is -0.600 e. The predicted octanol–water partition coefficient (Wildman–Crippen LogP) is 3.36. The number of amides is 1. The number of benzene rings is 2. The van der Waals surface area contributed by atoms with Crippen molar-refractivity contribution in [2.75, 3.05) is 25.0 Å². The van der Waals surface area contributed by atoms with Crippen molar-refractivity contribution in [3.05, 3.63) is 84.6 Å². The molecule has 1 amide bonds. The monoisotopic (exact) mass is 640 g/mol. The van der Waals surface area contributed by atoms with Crippen LogP contribution in [0.5, 0.6) is 0 Å². The number of ketones is 1. The Kier molecular flexibility index (Phi) is 8.67. The molecule has 12 heteroatoms. The first-order chi connectivity index (χ1) is 22.4. The molecule has 3 aromatic rings. The lowest BCUT2D eigenvalue weighted by Gasteiger charge is -2.54. The van der Waals surface area contributed by atoms with Crippen LogP contribution in [0.25, 0.3) is 11.3 Å². The number of hydrogen-bond donors (Lipinski definition) is 2. The van der Waals surface area contributed by atoms with Gasteiger partial charge in [-0.25, -0.2) is 14.6 Å². The maximum Gasteiger partial charge on any atom is 0.587 e. The second-order valence-electron chi connectivity index (χ2n) is 13.6. The van der Waals surface area contributed by atoms with Gasteiger partial charge in [-0.3, -0.25) is 9.59 Å². The Morgan fingerprint density at radius 3 is 2.11 bits per heavy atom. The number of carbonyl (C=O) groups excluding carboxylic acids is 4. The maximum atomic E-state index is 14.0. The number of para-hydroxylation sites is 1. The van der Waals surface area contributed by atoms with E-state index in [1.807, 2.05) is 86.5 Å². The first-order valence-electron chi connectivity index (χ1n) is 16.2. The van der Waals surface area contributed by atoms with Gasteiger partial charge in [-0.2, -0.15) is 0 Å². The fraction of sp³-hybridized carbons (Fsp3) is 0.400. The van der Waals surface area contributed by atoms with Crippen LogP contribution in [-0.2, 0) is 23.7 Å². The van der Waals surface area contributed by atoms with Crippen LogP contribution in [-0.4, -0.2) is 89.2 Å². The van der Waals surface area contributed by atoms with Gasteiger partial charge in [0.1, 0.15) is 11.7 Å². The maximum absolute atomic E-state index is 14.0. The molecule has 0 aliphatic carbocycles. The lowest BCUT2D eigenvalue weighted by atomic mass is 9.51. The molecule has 2 N–H and O–H groups in total. The second-order valence-corrected chi connectivity index (χ2v) is 13.6. The summed E-state index contributed by atoms with van der Waals surface area (Å²) in [6, 6.07) is 21.4. The van der Waals surface area contributed by atoms with Gasteiger partial charge < -0.3 is 29.0 Å². The van der Waals surface area contributed by atoms with E-state index in [9.17, 15) is 24.3 Å². The zero-order chi connectivity index (χ0) is 33.5. The first-order valence-corrected chi connectivity index (χ1v) is 16.2. The summed E-state index contributed by atoms with van der Waals surface area (Å²) in [5, 5.41) is 13.4. The Morgan fingerprint density at radius 2 is 1.53 bits per heavy atom. The summed E-state index contributed by atoms with van der Waals surface area (Å²) < 4.78 is 12.3. The molecule has 1 aromatic heterocycles. The minimum atomic E-state index is -2.64. The average molecular weight is 641 g/mol. The van der Waals surface area contributed by atoms with Crippen molar-refractivity contribution in [2.45, 2.75) is 63.7 Å². The molecule has 0 bridgehead atoms. The molecular weight excluding hydrogens is 599 g/mol. The van der Waals surface area contributed by atoms with Gasteiger partial charge in [0.05, 0.1) is 24.9 Å². The van der Waals surface area contributed by atoms with Crippen molar-refractivity contribution in [1.29, 1.82) is 0 Å². The summed E-state index contributed by atoms with van der Waals surface area (Å²) in [5.41, 5.74) is 2.42. The van der Waals surface area contributed by atoms with E-state index in [0.29, 0.717) is 25.2 Å². The number of likely N-dealkylation sites (N-methyl/N-ethyl adjacent to an activating group) is 1. The van der Waals surface area contributed by atoms with Crippen LogP contribution in [0.2, 0.25) is 5.82 Å². The normalized spacial score (nSPS) is 26.6. The highest BCUT2D eigenvalue weighted by atomic mass is 16.7. The molecule has 246 valence electrons. The molecule has 3 fully saturated rings. The molecule has 0 unspecified atom stereocenters. The number of quaternary nitrogens is 1. The van der Waals surface area contributed by atoms with E-state index in [0.717, 1.165) is 11.3 Å². The number of carbonyl (C=O) groups is 4. The minimum absolute atomic E-state index is 0.0480. The topological polar surface area (TPSA) is 135 Å². The Morgan fingerprint density at radius 1 is 0.936 bits per heavy atom. The number of aromatic nitrogens is 1. The predicted molar refractivity (Wildman–Crippen MR) is 176 cm³/mol. The van der Waals surface area contributed by atoms with E-state index >= 15 is 0 Å². The lowest BCUT2D eigenvalue weighted by molar-refractivity contribution is -0.845. The number of piperazine rings is 1. The van der Waals surface area contributed by atoms with Gasteiger partial charge in [-0.05, 0) is 49.3 Å². The first kappa shape index (κ1) is 32.4. The molecule has 4 heterocycles. The van der Waals surface area contributed by atoms with Crippen LogP contribution in [0, 0.1) is 5.92 Å². The highest BCUT2D eigenvalue weighted by Gasteiger charge is 2.77. The number of nitrogens with zero attached hydrogens (tertiary/aromatic N) is 3. The largest absolute Gasteiger partial charge is 0.600 e. The SMILES string of the molecule is CC(C)C[C@H](CC(=O)[C@@H](NC(=O)c1cccc(-c2ccccc2)n1)[C@@H](C)O)[B-]12OC(=O)[C@@H]3CN(c4ccccc4)C[C@@H](C(=O)O1)[N+]32C. The van der Waals surface area contributed by atoms with Crippen LogP contribution < -0.4 is 10.2 Å².